The smallest absolute Gasteiger partial charge is 0.0781 e. The fraction of sp³-hybridized carbons (Fsp3) is 0. The first-order chi connectivity index (χ1) is 8.33. The number of para-hydroxylation sites is 1. The minimum absolute atomic E-state index is 1.02. The van der Waals surface area contributed by atoms with Crippen LogP contribution in [0.3, 0.4) is 0 Å². The van der Waals surface area contributed by atoms with Gasteiger partial charge in [-0.3, -0.25) is 4.98 Å². The van der Waals surface area contributed by atoms with Gasteiger partial charge in [-0.25, -0.2) is 0 Å². The third-order valence-electron chi connectivity index (χ3n) is 2.46. The van der Waals surface area contributed by atoms with E-state index in [4.69, 9.17) is 0 Å². The number of pyridine rings is 1. The second-order valence-corrected chi connectivity index (χ2v) is 5.57. The topological polar surface area (TPSA) is 28.7 Å². The largest absolute Gasteiger partial charge is 0.349 e. The van der Waals surface area contributed by atoms with Crippen molar-refractivity contribution in [1.82, 2.24) is 9.97 Å². The fourth-order valence-corrected chi connectivity index (χ4v) is 3.02. The Kier molecular flexibility index (Phi) is 2.91. The molecule has 0 aliphatic carbocycles. The molecule has 0 radical (unpaired) electrons. The van der Waals surface area contributed by atoms with Gasteiger partial charge in [0.15, 0.2) is 0 Å². The van der Waals surface area contributed by atoms with Crippen molar-refractivity contribution in [1.29, 1.82) is 0 Å². The Balaban J connectivity index is 1.98. The highest BCUT2D eigenvalue weighted by Crippen LogP contribution is 2.33. The van der Waals surface area contributed by atoms with Crippen molar-refractivity contribution in [3.63, 3.8) is 0 Å². The molecule has 17 heavy (non-hydrogen) atoms. The highest BCUT2D eigenvalue weighted by atomic mass is 79.9. The molecule has 0 aliphatic heterocycles. The summed E-state index contributed by atoms with van der Waals surface area (Å²) in [7, 11) is 0. The van der Waals surface area contributed by atoms with E-state index in [0.717, 1.165) is 14.4 Å². The van der Waals surface area contributed by atoms with E-state index in [1.54, 1.807) is 18.0 Å². The third-order valence-corrected chi connectivity index (χ3v) is 4.37. The quantitative estimate of drug-likeness (QED) is 0.756. The Morgan fingerprint density at radius 1 is 1.18 bits per heavy atom. The van der Waals surface area contributed by atoms with Crippen LogP contribution in [0.1, 0.15) is 0 Å². The first kappa shape index (κ1) is 10.9. The maximum Gasteiger partial charge on any atom is 0.0781 e. The molecular weight excluding hydrogens is 296 g/mol. The SMILES string of the molecule is Brc1cnccc1Sc1cc2ccccc2[nH]1. The van der Waals surface area contributed by atoms with Gasteiger partial charge in [-0.1, -0.05) is 30.0 Å². The number of hydrogen-bond donors (Lipinski definition) is 1. The minimum Gasteiger partial charge on any atom is -0.349 e. The molecular formula is C13H9BrN2S. The standard InChI is InChI=1S/C13H9BrN2S/c14-10-8-15-6-5-12(10)17-13-7-9-3-1-2-4-11(9)16-13/h1-8,16H. The number of aromatic nitrogens is 2. The molecule has 0 saturated carbocycles. The van der Waals surface area contributed by atoms with Gasteiger partial charge < -0.3 is 4.98 Å². The maximum atomic E-state index is 4.06. The van der Waals surface area contributed by atoms with Gasteiger partial charge in [0.2, 0.25) is 0 Å². The summed E-state index contributed by atoms with van der Waals surface area (Å²) < 4.78 is 1.02. The van der Waals surface area contributed by atoms with E-state index >= 15 is 0 Å². The molecule has 2 aromatic heterocycles. The van der Waals surface area contributed by atoms with E-state index in [2.05, 4.69) is 44.1 Å². The first-order valence-electron chi connectivity index (χ1n) is 5.18. The van der Waals surface area contributed by atoms with E-state index < -0.39 is 0 Å². The van der Waals surface area contributed by atoms with E-state index in [1.807, 2.05) is 24.4 Å². The van der Waals surface area contributed by atoms with Crippen molar-refractivity contribution in [2.24, 2.45) is 0 Å². The molecule has 4 heteroatoms. The maximum absolute atomic E-state index is 4.06. The van der Waals surface area contributed by atoms with Crippen LogP contribution >= 0.6 is 27.7 Å². The molecule has 3 aromatic rings. The summed E-state index contributed by atoms with van der Waals surface area (Å²) in [5, 5.41) is 2.37. The molecule has 1 N–H and O–H groups in total. The van der Waals surface area contributed by atoms with Crippen molar-refractivity contribution in [2.45, 2.75) is 9.92 Å². The van der Waals surface area contributed by atoms with Crippen molar-refractivity contribution in [3.05, 3.63) is 53.3 Å². The zero-order valence-electron chi connectivity index (χ0n) is 8.85. The van der Waals surface area contributed by atoms with Crippen molar-refractivity contribution >= 4 is 38.6 Å². The molecule has 0 aliphatic rings. The minimum atomic E-state index is 1.02. The monoisotopic (exact) mass is 304 g/mol. The molecule has 0 saturated heterocycles. The highest BCUT2D eigenvalue weighted by molar-refractivity contribution is 9.10. The van der Waals surface area contributed by atoms with Gasteiger partial charge in [0, 0.05) is 32.7 Å². The fourth-order valence-electron chi connectivity index (χ4n) is 1.67. The lowest BCUT2D eigenvalue weighted by Crippen LogP contribution is -1.77. The summed E-state index contributed by atoms with van der Waals surface area (Å²) in [6, 6.07) is 12.4. The molecule has 2 nitrogen and oxygen atoms in total. The summed E-state index contributed by atoms with van der Waals surface area (Å²) in [5.74, 6) is 0. The Hall–Kier alpha value is -1.26. The van der Waals surface area contributed by atoms with Crippen LogP contribution in [-0.4, -0.2) is 9.97 Å². The van der Waals surface area contributed by atoms with Gasteiger partial charge in [0.1, 0.15) is 0 Å². The number of nitrogens with zero attached hydrogens (tertiary/aromatic N) is 1. The number of fused-ring (bicyclic) bond motifs is 1. The summed E-state index contributed by atoms with van der Waals surface area (Å²) in [6.45, 7) is 0. The second-order valence-electron chi connectivity index (χ2n) is 3.63. The molecule has 3 rings (SSSR count). The molecule has 84 valence electrons. The summed E-state index contributed by atoms with van der Waals surface area (Å²) in [4.78, 5) is 8.61. The van der Waals surface area contributed by atoms with Gasteiger partial charge in [-0.15, -0.1) is 0 Å². The molecule has 2 heterocycles. The second kappa shape index (κ2) is 4.55. The average Bonchev–Trinajstić information content (AvgIpc) is 2.74. The van der Waals surface area contributed by atoms with Gasteiger partial charge in [0.25, 0.3) is 0 Å². The summed E-state index contributed by atoms with van der Waals surface area (Å²) >= 11 is 5.20. The molecule has 0 atom stereocenters. The zero-order valence-corrected chi connectivity index (χ0v) is 11.3. The summed E-state index contributed by atoms with van der Waals surface area (Å²) in [6.07, 6.45) is 3.61. The molecule has 0 spiro atoms. The predicted octanol–water partition coefficient (Wildman–Crippen LogP) is 4.48. The lowest BCUT2D eigenvalue weighted by Gasteiger charge is -2.00. The van der Waals surface area contributed by atoms with E-state index in [9.17, 15) is 0 Å². The molecule has 0 bridgehead atoms. The van der Waals surface area contributed by atoms with Crippen molar-refractivity contribution in [2.75, 3.05) is 0 Å². The van der Waals surface area contributed by atoms with Gasteiger partial charge in [-0.05, 0) is 34.1 Å². The predicted molar refractivity (Wildman–Crippen MR) is 74.4 cm³/mol. The van der Waals surface area contributed by atoms with Gasteiger partial charge in [0.05, 0.1) is 5.03 Å². The number of rotatable bonds is 2. The number of nitrogens with one attached hydrogen (secondary N) is 1. The lowest BCUT2D eigenvalue weighted by atomic mass is 10.3. The van der Waals surface area contributed by atoms with Gasteiger partial charge >= 0.3 is 0 Å². The Labute approximate surface area is 112 Å². The molecule has 0 amide bonds. The van der Waals surface area contributed by atoms with E-state index in [0.29, 0.717) is 0 Å². The van der Waals surface area contributed by atoms with Crippen LogP contribution in [0.5, 0.6) is 0 Å². The molecule has 1 aromatic carbocycles. The van der Waals surface area contributed by atoms with Gasteiger partial charge in [-0.2, -0.15) is 0 Å². The summed E-state index contributed by atoms with van der Waals surface area (Å²) in [5.41, 5.74) is 1.17. The van der Waals surface area contributed by atoms with E-state index in [1.165, 1.54) is 10.9 Å². The number of aromatic amines is 1. The third kappa shape index (κ3) is 2.23. The zero-order chi connectivity index (χ0) is 11.7. The Morgan fingerprint density at radius 2 is 2.06 bits per heavy atom. The molecule has 0 unspecified atom stereocenters. The van der Waals surface area contributed by atoms with Crippen LogP contribution in [0, 0.1) is 0 Å². The van der Waals surface area contributed by atoms with Crippen LogP contribution in [0.15, 0.2) is 63.2 Å². The Bertz CT molecular complexity index is 630. The average molecular weight is 305 g/mol. The normalized spacial score (nSPS) is 10.9. The van der Waals surface area contributed by atoms with Crippen LogP contribution in [0.2, 0.25) is 0 Å². The van der Waals surface area contributed by atoms with Crippen molar-refractivity contribution < 1.29 is 0 Å². The number of hydrogen-bond acceptors (Lipinski definition) is 2. The molecule has 0 fully saturated rings. The Morgan fingerprint density at radius 3 is 2.88 bits per heavy atom. The van der Waals surface area contributed by atoms with Crippen molar-refractivity contribution in [3.8, 4) is 0 Å². The van der Waals surface area contributed by atoms with Crippen LogP contribution in [-0.2, 0) is 0 Å². The van der Waals surface area contributed by atoms with Crippen LogP contribution in [0.4, 0.5) is 0 Å². The highest BCUT2D eigenvalue weighted by Gasteiger charge is 2.04. The van der Waals surface area contributed by atoms with E-state index in [-0.39, 0.29) is 0 Å². The lowest BCUT2D eigenvalue weighted by molar-refractivity contribution is 1.20. The first-order valence-corrected chi connectivity index (χ1v) is 6.79. The van der Waals surface area contributed by atoms with Crippen LogP contribution < -0.4 is 0 Å². The number of H-pyrrole nitrogens is 1. The van der Waals surface area contributed by atoms with Crippen LogP contribution in [0.25, 0.3) is 10.9 Å². The number of benzene rings is 1. The number of halogens is 1.